The van der Waals surface area contributed by atoms with Crippen molar-refractivity contribution in [2.24, 2.45) is 0 Å². The van der Waals surface area contributed by atoms with Crippen LogP contribution in [0.5, 0.6) is 6.01 Å². The van der Waals surface area contributed by atoms with E-state index in [1.807, 2.05) is 20.0 Å². The monoisotopic (exact) mass is 611 g/mol. The lowest BCUT2D eigenvalue weighted by Crippen LogP contribution is -2.58. The highest BCUT2D eigenvalue weighted by Crippen LogP contribution is 2.46. The fraction of sp³-hybridized carbons (Fsp3) is 0.433. The van der Waals surface area contributed by atoms with Crippen LogP contribution in [0.4, 0.5) is 19.6 Å². The Morgan fingerprint density at radius 1 is 1.31 bits per heavy atom. The Morgan fingerprint density at radius 2 is 2.12 bits per heavy atom. The molecule has 6 rings (SSSR count). The molecular weight excluding hydrogens is 580 g/mol. The van der Waals surface area contributed by atoms with E-state index in [1.54, 1.807) is 6.07 Å². The predicted molar refractivity (Wildman–Crippen MR) is 164 cm³/mol. The molecule has 2 aromatic carbocycles. The number of benzene rings is 2. The summed E-state index contributed by atoms with van der Waals surface area (Å²) in [6, 6.07) is 6.46. The van der Waals surface area contributed by atoms with Gasteiger partial charge in [-0.25, -0.2) is 8.78 Å². The summed E-state index contributed by atoms with van der Waals surface area (Å²) in [5.41, 5.74) is 6.53. The molecule has 0 saturated carbocycles. The number of halogens is 3. The number of fused-ring (bicyclic) bond motifs is 2. The van der Waals surface area contributed by atoms with E-state index in [-0.39, 0.29) is 60.0 Å². The van der Waals surface area contributed by atoms with Crippen LogP contribution in [-0.2, 0) is 0 Å². The van der Waals surface area contributed by atoms with E-state index in [0.29, 0.717) is 11.2 Å². The normalized spacial score (nSPS) is 19.0. The summed E-state index contributed by atoms with van der Waals surface area (Å²) in [5, 5.41) is 17.5. The van der Waals surface area contributed by atoms with E-state index in [9.17, 15) is 9.65 Å². The van der Waals surface area contributed by atoms with Gasteiger partial charge in [-0.15, -0.1) is 11.3 Å². The van der Waals surface area contributed by atoms with Crippen molar-refractivity contribution in [2.75, 3.05) is 43.9 Å². The molecule has 0 aliphatic carbocycles. The Hall–Kier alpha value is -3.30. The maximum absolute atomic E-state index is 16.7. The number of nitrogen functional groups attached to an aromatic ring is 1. The highest BCUT2D eigenvalue weighted by atomic mass is 35.5. The van der Waals surface area contributed by atoms with Gasteiger partial charge in [-0.2, -0.15) is 15.2 Å². The van der Waals surface area contributed by atoms with Gasteiger partial charge in [0, 0.05) is 35.0 Å². The van der Waals surface area contributed by atoms with Crippen molar-refractivity contribution in [3.05, 3.63) is 40.4 Å². The van der Waals surface area contributed by atoms with E-state index in [0.717, 1.165) is 69.6 Å². The van der Waals surface area contributed by atoms with E-state index in [1.165, 1.54) is 12.1 Å². The molecule has 8 nitrogen and oxygen atoms in total. The average Bonchev–Trinajstić information content (AvgIpc) is 3.55. The molecule has 2 saturated heterocycles. The van der Waals surface area contributed by atoms with E-state index in [4.69, 9.17) is 27.1 Å². The zero-order valence-corrected chi connectivity index (χ0v) is 25.1. The van der Waals surface area contributed by atoms with Gasteiger partial charge in [0.2, 0.25) is 0 Å². The maximum Gasteiger partial charge on any atom is 0.319 e. The van der Waals surface area contributed by atoms with E-state index >= 15 is 4.39 Å². The number of thiophene rings is 1. The van der Waals surface area contributed by atoms with Crippen LogP contribution in [0.15, 0.2) is 18.2 Å². The molecule has 2 aliphatic rings. The highest BCUT2D eigenvalue weighted by Gasteiger charge is 2.43. The Kier molecular flexibility index (Phi) is 7.83. The Morgan fingerprint density at radius 3 is 2.81 bits per heavy atom. The van der Waals surface area contributed by atoms with Crippen molar-refractivity contribution in [2.45, 2.75) is 50.7 Å². The molecular formula is C30H32ClF2N7OS. The van der Waals surface area contributed by atoms with Gasteiger partial charge in [-0.05, 0) is 76.9 Å². The Labute approximate surface area is 251 Å². The summed E-state index contributed by atoms with van der Waals surface area (Å²) >= 11 is 7.75. The Balaban J connectivity index is 1.49. The number of aromatic nitrogens is 2. The second kappa shape index (κ2) is 11.4. The molecule has 0 bridgehead atoms. The lowest BCUT2D eigenvalue weighted by Gasteiger charge is -2.39. The molecule has 0 radical (unpaired) electrons. The van der Waals surface area contributed by atoms with Gasteiger partial charge in [-0.3, -0.25) is 0 Å². The molecule has 42 heavy (non-hydrogen) atoms. The average molecular weight is 612 g/mol. The summed E-state index contributed by atoms with van der Waals surface area (Å²) in [5.74, 6) is -0.664. The summed E-state index contributed by atoms with van der Waals surface area (Å²) in [7, 11) is 1.92. The predicted octanol–water partition coefficient (Wildman–Crippen LogP) is 6.00. The summed E-state index contributed by atoms with van der Waals surface area (Å²) in [6.07, 6.45) is 4.62. The van der Waals surface area contributed by atoms with Crippen LogP contribution in [0.3, 0.4) is 0 Å². The number of hydrogen-bond acceptors (Lipinski definition) is 9. The van der Waals surface area contributed by atoms with E-state index < -0.39 is 11.6 Å². The largest absolute Gasteiger partial charge is 0.460 e. The van der Waals surface area contributed by atoms with Gasteiger partial charge in [0.15, 0.2) is 5.82 Å². The van der Waals surface area contributed by atoms with Gasteiger partial charge >= 0.3 is 6.01 Å². The molecule has 12 heteroatoms. The van der Waals surface area contributed by atoms with Crippen molar-refractivity contribution in [1.29, 1.82) is 5.26 Å². The fourth-order valence-electron chi connectivity index (χ4n) is 6.06. The molecule has 2 aliphatic heterocycles. The number of anilines is 2. The first kappa shape index (κ1) is 28.8. The summed E-state index contributed by atoms with van der Waals surface area (Å²) in [4.78, 5) is 11.5. The smallest absolute Gasteiger partial charge is 0.319 e. The van der Waals surface area contributed by atoms with Crippen molar-refractivity contribution in [3.8, 4) is 23.2 Å². The quantitative estimate of drug-likeness (QED) is 0.198. The third-order valence-corrected chi connectivity index (χ3v) is 9.72. The number of nitrogens with one attached hydrogen (secondary N) is 2. The minimum Gasteiger partial charge on any atom is -0.460 e. The van der Waals surface area contributed by atoms with Gasteiger partial charge in [-0.1, -0.05) is 17.7 Å². The van der Waals surface area contributed by atoms with Crippen LogP contribution in [0.1, 0.15) is 44.6 Å². The highest BCUT2D eigenvalue weighted by molar-refractivity contribution is 7.23. The summed E-state index contributed by atoms with van der Waals surface area (Å²) < 4.78 is 37.8. The lowest BCUT2D eigenvalue weighted by molar-refractivity contribution is 0.190. The first-order chi connectivity index (χ1) is 20.2. The topological polar surface area (TPSA) is 112 Å². The van der Waals surface area contributed by atoms with Crippen LogP contribution in [-0.4, -0.2) is 54.8 Å². The standard InChI is InChI=1S/C30H32ClF2N7OS/c1-16(5-3-4-10-36-2)41-29-38-25-18(28(39-29)40-12-9-30(15-40)8-11-37-30)13-20(31)23(24(25)33)17-6-7-21(32)26-22(17)19(14-34)27(35)42-26/h6-7,13,16,36-37H,3-5,8-12,15,35H2,1-2H3/t16-,30?/m0/s1. The summed E-state index contributed by atoms with van der Waals surface area (Å²) in [6.45, 7) is 5.34. The second-order valence-corrected chi connectivity index (χ2v) is 12.6. The Bertz CT molecular complexity index is 1720. The van der Waals surface area contributed by atoms with Crippen molar-refractivity contribution < 1.29 is 13.5 Å². The van der Waals surface area contributed by atoms with Crippen LogP contribution >= 0.6 is 22.9 Å². The number of ether oxygens (including phenoxy) is 1. The molecule has 2 atom stereocenters. The van der Waals surface area contributed by atoms with Crippen molar-refractivity contribution in [1.82, 2.24) is 20.6 Å². The van der Waals surface area contributed by atoms with Gasteiger partial charge < -0.3 is 26.0 Å². The first-order valence-electron chi connectivity index (χ1n) is 14.2. The number of nitriles is 1. The minimum atomic E-state index is -0.690. The zero-order chi connectivity index (χ0) is 29.6. The van der Waals surface area contributed by atoms with Gasteiger partial charge in [0.05, 0.1) is 21.4 Å². The molecule has 2 fully saturated rings. The molecule has 1 spiro atoms. The molecule has 4 heterocycles. The SMILES string of the molecule is CNCCCC[C@H](C)Oc1nc(N2CCC3(CCN3)C2)c2cc(Cl)c(-c3ccc(F)c4sc(N)c(C#N)c34)c(F)c2n1. The van der Waals surface area contributed by atoms with Gasteiger partial charge in [0.25, 0.3) is 0 Å². The molecule has 4 N–H and O–H groups in total. The van der Waals surface area contributed by atoms with Crippen molar-refractivity contribution in [3.63, 3.8) is 0 Å². The molecule has 0 amide bonds. The maximum atomic E-state index is 16.7. The second-order valence-electron chi connectivity index (χ2n) is 11.2. The molecule has 4 aromatic rings. The van der Waals surface area contributed by atoms with E-state index in [2.05, 4.69) is 20.5 Å². The van der Waals surface area contributed by atoms with Crippen molar-refractivity contribution >= 4 is 54.7 Å². The number of rotatable bonds is 9. The van der Waals surface area contributed by atoms with Crippen LogP contribution in [0.25, 0.3) is 32.1 Å². The zero-order valence-electron chi connectivity index (χ0n) is 23.5. The first-order valence-corrected chi connectivity index (χ1v) is 15.4. The molecule has 1 unspecified atom stereocenters. The third-order valence-electron chi connectivity index (χ3n) is 8.39. The number of nitrogens with two attached hydrogens (primary N) is 1. The fourth-order valence-corrected chi connectivity index (χ4v) is 7.31. The van der Waals surface area contributed by atoms with Crippen LogP contribution < -0.4 is 26.0 Å². The van der Waals surface area contributed by atoms with Crippen LogP contribution in [0, 0.1) is 23.0 Å². The van der Waals surface area contributed by atoms with Gasteiger partial charge in [0.1, 0.15) is 28.2 Å². The van der Waals surface area contributed by atoms with Crippen LogP contribution in [0.2, 0.25) is 5.02 Å². The minimum absolute atomic E-state index is 0.0257. The molecule has 2 aromatic heterocycles. The lowest BCUT2D eigenvalue weighted by atomic mass is 9.87. The number of nitrogens with zero attached hydrogens (tertiary/aromatic N) is 4. The number of hydrogen-bond donors (Lipinski definition) is 3. The number of unbranched alkanes of at least 4 members (excludes halogenated alkanes) is 1. The molecule has 220 valence electrons. The third kappa shape index (κ3) is 5.00.